The van der Waals surface area contributed by atoms with Crippen molar-refractivity contribution in [2.24, 2.45) is 0 Å². The molecule has 0 atom stereocenters. The standard InChI is InChI=1S/C21H21NO5/c1-14-5-3-4-6-18(14)26-13-21(24)22-17-11-15(7-9-20(17)25-2)19-10-8-16(12-23)27-19/h3-11,23H,12-13H2,1-2H3,(H,22,24). The molecule has 1 heterocycles. The van der Waals surface area contributed by atoms with Gasteiger partial charge in [0.15, 0.2) is 6.61 Å². The summed E-state index contributed by atoms with van der Waals surface area (Å²) in [4.78, 5) is 12.3. The first-order chi connectivity index (χ1) is 13.1. The fourth-order valence-electron chi connectivity index (χ4n) is 2.62. The maximum atomic E-state index is 12.3. The summed E-state index contributed by atoms with van der Waals surface area (Å²) in [7, 11) is 1.53. The molecule has 3 aromatic rings. The van der Waals surface area contributed by atoms with Gasteiger partial charge in [-0.25, -0.2) is 0 Å². The minimum Gasteiger partial charge on any atom is -0.495 e. The van der Waals surface area contributed by atoms with Crippen LogP contribution in [0.25, 0.3) is 11.3 Å². The molecule has 27 heavy (non-hydrogen) atoms. The van der Waals surface area contributed by atoms with E-state index in [9.17, 15) is 4.79 Å². The van der Waals surface area contributed by atoms with E-state index in [4.69, 9.17) is 19.0 Å². The van der Waals surface area contributed by atoms with Gasteiger partial charge in [0.05, 0.1) is 12.8 Å². The highest BCUT2D eigenvalue weighted by atomic mass is 16.5. The van der Waals surface area contributed by atoms with Crippen molar-refractivity contribution < 1.29 is 23.8 Å². The molecule has 6 nitrogen and oxygen atoms in total. The average molecular weight is 367 g/mol. The number of benzene rings is 2. The zero-order valence-corrected chi connectivity index (χ0v) is 15.2. The second-order valence-corrected chi connectivity index (χ2v) is 5.94. The lowest BCUT2D eigenvalue weighted by Gasteiger charge is -2.13. The number of para-hydroxylation sites is 1. The van der Waals surface area contributed by atoms with E-state index in [1.807, 2.05) is 37.3 Å². The monoisotopic (exact) mass is 367 g/mol. The second kappa shape index (κ2) is 8.42. The number of aryl methyl sites for hydroxylation is 1. The Morgan fingerprint density at radius 3 is 2.63 bits per heavy atom. The Kier molecular flexibility index (Phi) is 5.78. The van der Waals surface area contributed by atoms with Gasteiger partial charge in [0.2, 0.25) is 0 Å². The van der Waals surface area contributed by atoms with Gasteiger partial charge in [-0.1, -0.05) is 18.2 Å². The highest BCUT2D eigenvalue weighted by Gasteiger charge is 2.12. The van der Waals surface area contributed by atoms with Crippen LogP contribution in [-0.2, 0) is 11.4 Å². The number of rotatable bonds is 7. The highest BCUT2D eigenvalue weighted by Crippen LogP contribution is 2.31. The van der Waals surface area contributed by atoms with E-state index in [-0.39, 0.29) is 19.1 Å². The van der Waals surface area contributed by atoms with Crippen molar-refractivity contribution in [3.63, 3.8) is 0 Å². The topological polar surface area (TPSA) is 80.9 Å². The molecule has 0 spiro atoms. The zero-order valence-electron chi connectivity index (χ0n) is 15.2. The maximum Gasteiger partial charge on any atom is 0.262 e. The molecule has 1 amide bonds. The first kappa shape index (κ1) is 18.5. The molecule has 2 aromatic carbocycles. The molecule has 3 rings (SSSR count). The molecule has 0 saturated heterocycles. The molecule has 0 unspecified atom stereocenters. The summed E-state index contributed by atoms with van der Waals surface area (Å²) in [6.07, 6.45) is 0. The molecule has 0 radical (unpaired) electrons. The molecule has 0 saturated carbocycles. The van der Waals surface area contributed by atoms with Crippen LogP contribution in [0.2, 0.25) is 0 Å². The molecule has 0 aliphatic rings. The van der Waals surface area contributed by atoms with Crippen molar-refractivity contribution >= 4 is 11.6 Å². The Bertz CT molecular complexity index is 932. The van der Waals surface area contributed by atoms with Crippen LogP contribution in [0.4, 0.5) is 5.69 Å². The summed E-state index contributed by atoms with van der Waals surface area (Å²) in [5, 5.41) is 11.9. The lowest BCUT2D eigenvalue weighted by Crippen LogP contribution is -2.20. The number of ether oxygens (including phenoxy) is 2. The number of furan rings is 1. The quantitative estimate of drug-likeness (QED) is 0.664. The minimum absolute atomic E-state index is 0.117. The second-order valence-electron chi connectivity index (χ2n) is 5.94. The summed E-state index contributed by atoms with van der Waals surface area (Å²) >= 11 is 0. The summed E-state index contributed by atoms with van der Waals surface area (Å²) in [6, 6.07) is 16.3. The number of hydrogen-bond acceptors (Lipinski definition) is 5. The maximum absolute atomic E-state index is 12.3. The van der Waals surface area contributed by atoms with Crippen molar-refractivity contribution in [3.05, 3.63) is 65.9 Å². The van der Waals surface area contributed by atoms with Crippen LogP contribution in [0.3, 0.4) is 0 Å². The Balaban J connectivity index is 1.73. The third-order valence-electron chi connectivity index (χ3n) is 4.03. The van der Waals surface area contributed by atoms with Gasteiger partial charge in [0.1, 0.15) is 29.6 Å². The van der Waals surface area contributed by atoms with Crippen LogP contribution < -0.4 is 14.8 Å². The molecule has 0 fully saturated rings. The van der Waals surface area contributed by atoms with E-state index < -0.39 is 0 Å². The fourth-order valence-corrected chi connectivity index (χ4v) is 2.62. The normalized spacial score (nSPS) is 10.5. The van der Waals surface area contributed by atoms with Crippen molar-refractivity contribution in [3.8, 4) is 22.8 Å². The first-order valence-corrected chi connectivity index (χ1v) is 8.47. The third-order valence-corrected chi connectivity index (χ3v) is 4.03. The van der Waals surface area contributed by atoms with Crippen LogP contribution >= 0.6 is 0 Å². The van der Waals surface area contributed by atoms with Crippen LogP contribution in [0, 0.1) is 6.92 Å². The number of hydrogen-bond donors (Lipinski definition) is 2. The van der Waals surface area contributed by atoms with Crippen LogP contribution in [-0.4, -0.2) is 24.7 Å². The average Bonchev–Trinajstić information content (AvgIpc) is 3.16. The number of nitrogens with one attached hydrogen (secondary N) is 1. The van der Waals surface area contributed by atoms with Crippen molar-refractivity contribution in [2.45, 2.75) is 13.5 Å². The Morgan fingerprint density at radius 2 is 1.93 bits per heavy atom. The predicted molar refractivity (Wildman–Crippen MR) is 102 cm³/mol. The molecule has 6 heteroatoms. The van der Waals surface area contributed by atoms with Gasteiger partial charge in [0, 0.05) is 5.56 Å². The molecule has 0 aliphatic heterocycles. The smallest absolute Gasteiger partial charge is 0.262 e. The molecular formula is C21H21NO5. The van der Waals surface area contributed by atoms with Crippen LogP contribution in [0.5, 0.6) is 11.5 Å². The first-order valence-electron chi connectivity index (χ1n) is 8.47. The van der Waals surface area contributed by atoms with Crippen molar-refractivity contribution in [2.75, 3.05) is 19.0 Å². The largest absolute Gasteiger partial charge is 0.495 e. The van der Waals surface area contributed by atoms with Gasteiger partial charge in [-0.3, -0.25) is 4.79 Å². The molecule has 1 aromatic heterocycles. The van der Waals surface area contributed by atoms with Gasteiger partial charge in [0.25, 0.3) is 5.91 Å². The lowest BCUT2D eigenvalue weighted by atomic mass is 10.1. The number of amides is 1. The van der Waals surface area contributed by atoms with E-state index in [2.05, 4.69) is 5.32 Å². The zero-order chi connectivity index (χ0) is 19.2. The van der Waals surface area contributed by atoms with Gasteiger partial charge in [-0.2, -0.15) is 0 Å². The lowest BCUT2D eigenvalue weighted by molar-refractivity contribution is -0.118. The minimum atomic E-state index is -0.302. The fraction of sp³-hybridized carbons (Fsp3) is 0.190. The van der Waals surface area contributed by atoms with E-state index in [1.165, 1.54) is 7.11 Å². The summed E-state index contributed by atoms with van der Waals surface area (Å²) in [5.41, 5.74) is 2.23. The van der Waals surface area contributed by atoms with E-state index >= 15 is 0 Å². The Hall–Kier alpha value is -3.25. The molecular weight excluding hydrogens is 346 g/mol. The van der Waals surface area contributed by atoms with Crippen molar-refractivity contribution in [1.82, 2.24) is 0 Å². The highest BCUT2D eigenvalue weighted by molar-refractivity contribution is 5.94. The number of methoxy groups -OCH3 is 1. The van der Waals surface area contributed by atoms with E-state index in [1.54, 1.807) is 24.3 Å². The van der Waals surface area contributed by atoms with Crippen molar-refractivity contribution in [1.29, 1.82) is 0 Å². The van der Waals surface area contributed by atoms with Gasteiger partial charge in [-0.15, -0.1) is 0 Å². The number of anilines is 1. The third kappa shape index (κ3) is 4.48. The SMILES string of the molecule is COc1ccc(-c2ccc(CO)o2)cc1NC(=O)COc1ccccc1C. The van der Waals surface area contributed by atoms with E-state index in [0.29, 0.717) is 28.7 Å². The van der Waals surface area contributed by atoms with Gasteiger partial charge >= 0.3 is 0 Å². The molecule has 0 bridgehead atoms. The van der Waals surface area contributed by atoms with Crippen LogP contribution in [0.15, 0.2) is 59.0 Å². The van der Waals surface area contributed by atoms with E-state index in [0.717, 1.165) is 11.1 Å². The number of carbonyl (C=O) groups excluding carboxylic acids is 1. The predicted octanol–water partition coefficient (Wildman–Crippen LogP) is 3.77. The molecule has 0 aliphatic carbocycles. The Labute approximate surface area is 157 Å². The summed E-state index contributed by atoms with van der Waals surface area (Å²) in [5.74, 6) is 1.95. The summed E-state index contributed by atoms with van der Waals surface area (Å²) in [6.45, 7) is 1.63. The number of aliphatic hydroxyl groups excluding tert-OH is 1. The Morgan fingerprint density at radius 1 is 1.11 bits per heavy atom. The summed E-state index contributed by atoms with van der Waals surface area (Å²) < 4.78 is 16.4. The number of aliphatic hydroxyl groups is 1. The van der Waals surface area contributed by atoms with Crippen LogP contribution in [0.1, 0.15) is 11.3 Å². The number of carbonyl (C=O) groups is 1. The van der Waals surface area contributed by atoms with Gasteiger partial charge in [-0.05, 0) is 48.9 Å². The van der Waals surface area contributed by atoms with Gasteiger partial charge < -0.3 is 24.3 Å². The molecule has 140 valence electrons. The molecule has 2 N–H and O–H groups in total.